The van der Waals surface area contributed by atoms with Crippen molar-refractivity contribution < 1.29 is 29.0 Å². The molecule has 0 spiro atoms. The van der Waals surface area contributed by atoms with Gasteiger partial charge in [0.1, 0.15) is 12.6 Å². The molecule has 1 rings (SSSR count). The molecule has 1 aromatic rings. The monoisotopic (exact) mass is 359 g/mol. The van der Waals surface area contributed by atoms with Gasteiger partial charge in [-0.15, -0.1) is 0 Å². The van der Waals surface area contributed by atoms with Crippen molar-refractivity contribution in [3.8, 4) is 0 Å². The summed E-state index contributed by atoms with van der Waals surface area (Å²) in [5.41, 5.74) is 0.475. The van der Waals surface area contributed by atoms with Crippen LogP contribution in [0.25, 0.3) is 0 Å². The number of alkyl carbamates (subject to hydrolysis) is 1. The van der Waals surface area contributed by atoms with Crippen molar-refractivity contribution in [3.05, 3.63) is 39.9 Å². The van der Waals surface area contributed by atoms with E-state index in [9.17, 15) is 19.7 Å². The fraction of sp³-hybridized carbons (Fsp3) is 0.385. The SMILES string of the molecule is CC(NC(=O)[C@H](C)NC(=O)OCc1ccc([N+](=O)[O-])cc1)P(O)O. The molecule has 11 heteroatoms. The number of hydrogen-bond donors (Lipinski definition) is 4. The van der Waals surface area contributed by atoms with Gasteiger partial charge in [-0.2, -0.15) is 0 Å². The number of amides is 2. The van der Waals surface area contributed by atoms with Gasteiger partial charge in [-0.1, -0.05) is 0 Å². The molecule has 132 valence electrons. The number of ether oxygens (including phenoxy) is 1. The molecule has 4 N–H and O–H groups in total. The Balaban J connectivity index is 2.42. The number of carbonyl (C=O) groups excluding carboxylic acids is 2. The van der Waals surface area contributed by atoms with Crippen molar-refractivity contribution >= 4 is 26.1 Å². The Bertz CT molecular complexity index is 594. The van der Waals surface area contributed by atoms with E-state index >= 15 is 0 Å². The number of benzene rings is 1. The summed E-state index contributed by atoms with van der Waals surface area (Å²) < 4.78 is 4.91. The smallest absolute Gasteiger partial charge is 0.408 e. The van der Waals surface area contributed by atoms with Gasteiger partial charge in [-0.25, -0.2) is 4.79 Å². The number of nitro benzene ring substituents is 1. The zero-order valence-electron chi connectivity index (χ0n) is 13.0. The van der Waals surface area contributed by atoms with E-state index < -0.39 is 37.1 Å². The average Bonchev–Trinajstić information content (AvgIpc) is 2.52. The molecule has 0 bridgehead atoms. The van der Waals surface area contributed by atoms with Gasteiger partial charge in [-0.05, 0) is 31.5 Å². The van der Waals surface area contributed by atoms with Gasteiger partial charge in [0, 0.05) is 12.1 Å². The van der Waals surface area contributed by atoms with Crippen molar-refractivity contribution in [1.29, 1.82) is 0 Å². The maximum absolute atomic E-state index is 11.7. The first-order valence-corrected chi connectivity index (χ1v) is 8.16. The van der Waals surface area contributed by atoms with Crippen LogP contribution in [0.4, 0.5) is 10.5 Å². The number of non-ortho nitro benzene ring substituents is 1. The summed E-state index contributed by atoms with van der Waals surface area (Å²) in [7, 11) is -2.31. The van der Waals surface area contributed by atoms with Crippen molar-refractivity contribution in [3.63, 3.8) is 0 Å². The van der Waals surface area contributed by atoms with Crippen LogP contribution < -0.4 is 10.6 Å². The molecular formula is C13H18N3O7P. The number of nitrogens with one attached hydrogen (secondary N) is 2. The first kappa shape index (κ1) is 19.8. The van der Waals surface area contributed by atoms with Crippen LogP contribution in [0.1, 0.15) is 19.4 Å². The number of nitrogens with zero attached hydrogens (tertiary/aromatic N) is 1. The minimum Gasteiger partial charge on any atom is -0.445 e. The number of hydrogen-bond acceptors (Lipinski definition) is 7. The van der Waals surface area contributed by atoms with Gasteiger partial charge in [0.15, 0.2) is 8.38 Å². The van der Waals surface area contributed by atoms with Gasteiger partial charge < -0.3 is 25.2 Å². The molecular weight excluding hydrogens is 341 g/mol. The van der Waals surface area contributed by atoms with Crippen LogP contribution in [0.3, 0.4) is 0 Å². The molecule has 0 radical (unpaired) electrons. The van der Waals surface area contributed by atoms with E-state index in [1.165, 1.54) is 38.1 Å². The maximum Gasteiger partial charge on any atom is 0.408 e. The van der Waals surface area contributed by atoms with Crippen molar-refractivity contribution in [2.75, 3.05) is 0 Å². The quantitative estimate of drug-likeness (QED) is 0.322. The van der Waals surface area contributed by atoms with Crippen LogP contribution in [0.15, 0.2) is 24.3 Å². The zero-order chi connectivity index (χ0) is 18.3. The molecule has 0 aromatic heterocycles. The first-order valence-electron chi connectivity index (χ1n) is 6.84. The van der Waals surface area contributed by atoms with E-state index in [2.05, 4.69) is 10.6 Å². The molecule has 0 saturated carbocycles. The highest BCUT2D eigenvalue weighted by molar-refractivity contribution is 7.45. The molecule has 0 heterocycles. The summed E-state index contributed by atoms with van der Waals surface area (Å²) in [6, 6.07) is 4.54. The Morgan fingerprint density at radius 3 is 2.33 bits per heavy atom. The minimum atomic E-state index is -2.31. The zero-order valence-corrected chi connectivity index (χ0v) is 13.9. The lowest BCUT2D eigenvalue weighted by atomic mass is 10.2. The number of nitro groups is 1. The molecule has 0 saturated heterocycles. The van der Waals surface area contributed by atoms with Gasteiger partial charge in [0.2, 0.25) is 5.91 Å². The Morgan fingerprint density at radius 1 is 1.25 bits per heavy atom. The average molecular weight is 359 g/mol. The lowest BCUT2D eigenvalue weighted by Gasteiger charge is -2.18. The third-order valence-corrected chi connectivity index (χ3v) is 3.76. The van der Waals surface area contributed by atoms with Crippen LogP contribution in [-0.4, -0.2) is 38.5 Å². The van der Waals surface area contributed by atoms with E-state index in [0.29, 0.717) is 5.56 Å². The third-order valence-electron chi connectivity index (χ3n) is 2.94. The predicted molar refractivity (Wildman–Crippen MR) is 84.8 cm³/mol. The molecule has 0 fully saturated rings. The normalized spacial score (nSPS) is 13.0. The molecule has 2 amide bonds. The van der Waals surface area contributed by atoms with Gasteiger partial charge in [-0.3, -0.25) is 14.9 Å². The Kier molecular flexibility index (Phi) is 7.50. The minimum absolute atomic E-state index is 0.0738. The lowest BCUT2D eigenvalue weighted by Crippen LogP contribution is -2.47. The topological polar surface area (TPSA) is 151 Å². The molecule has 0 aliphatic rings. The van der Waals surface area contributed by atoms with E-state index in [4.69, 9.17) is 14.5 Å². The second-order valence-corrected chi connectivity index (χ2v) is 6.29. The maximum atomic E-state index is 11.7. The molecule has 1 unspecified atom stereocenters. The summed E-state index contributed by atoms with van der Waals surface area (Å²) in [6.07, 6.45) is -0.848. The van der Waals surface area contributed by atoms with Crippen LogP contribution in [0.2, 0.25) is 0 Å². The molecule has 0 aliphatic heterocycles. The van der Waals surface area contributed by atoms with E-state index in [-0.39, 0.29) is 12.3 Å². The fourth-order valence-corrected chi connectivity index (χ4v) is 1.78. The van der Waals surface area contributed by atoms with Crippen LogP contribution in [0.5, 0.6) is 0 Å². The Hall–Kier alpha value is -2.29. The van der Waals surface area contributed by atoms with Gasteiger partial charge >= 0.3 is 6.09 Å². The third kappa shape index (κ3) is 6.45. The fourth-order valence-electron chi connectivity index (χ4n) is 1.54. The lowest BCUT2D eigenvalue weighted by molar-refractivity contribution is -0.384. The van der Waals surface area contributed by atoms with Crippen LogP contribution in [-0.2, 0) is 16.1 Å². The summed E-state index contributed by atoms with van der Waals surface area (Å²) in [6.45, 7) is 2.71. The van der Waals surface area contributed by atoms with Crippen molar-refractivity contribution in [1.82, 2.24) is 10.6 Å². The van der Waals surface area contributed by atoms with Crippen molar-refractivity contribution in [2.45, 2.75) is 32.3 Å². The number of rotatable bonds is 7. The number of carbonyl (C=O) groups is 2. The summed E-state index contributed by atoms with van der Waals surface area (Å²) >= 11 is 0. The second-order valence-electron chi connectivity index (χ2n) is 4.87. The van der Waals surface area contributed by atoms with E-state index in [0.717, 1.165) is 0 Å². The van der Waals surface area contributed by atoms with Crippen LogP contribution in [0, 0.1) is 10.1 Å². The van der Waals surface area contributed by atoms with E-state index in [1.807, 2.05) is 0 Å². The molecule has 24 heavy (non-hydrogen) atoms. The van der Waals surface area contributed by atoms with Gasteiger partial charge in [0.05, 0.1) is 10.7 Å². The largest absolute Gasteiger partial charge is 0.445 e. The van der Waals surface area contributed by atoms with Gasteiger partial charge in [0.25, 0.3) is 5.69 Å². The molecule has 10 nitrogen and oxygen atoms in total. The highest BCUT2D eigenvalue weighted by Gasteiger charge is 2.21. The Labute approximate surface area is 138 Å². The second kappa shape index (κ2) is 9.11. The highest BCUT2D eigenvalue weighted by atomic mass is 31.2. The summed E-state index contributed by atoms with van der Waals surface area (Å²) in [5.74, 6) is -1.42. The van der Waals surface area contributed by atoms with Crippen molar-refractivity contribution in [2.24, 2.45) is 0 Å². The molecule has 1 aromatic carbocycles. The van der Waals surface area contributed by atoms with Crippen LogP contribution >= 0.6 is 8.38 Å². The first-order chi connectivity index (χ1) is 11.2. The summed E-state index contributed by atoms with van der Waals surface area (Å²) in [4.78, 5) is 51.2. The predicted octanol–water partition coefficient (Wildman–Crippen LogP) is 0.968. The summed E-state index contributed by atoms with van der Waals surface area (Å²) in [5, 5.41) is 15.1. The Morgan fingerprint density at radius 2 is 1.83 bits per heavy atom. The highest BCUT2D eigenvalue weighted by Crippen LogP contribution is 2.28. The molecule has 0 aliphatic carbocycles. The molecule has 2 atom stereocenters. The standard InChI is InChI=1S/C13H18N3O7P/c1-8(12(17)15-9(2)24(21)22)14-13(18)23-7-10-3-5-11(6-4-10)16(19)20/h3-6,8-9,21-22H,7H2,1-2H3,(H,14,18)(H,15,17)/t8-,9?/m0/s1. The van der Waals surface area contributed by atoms with E-state index in [1.54, 1.807) is 0 Å².